The van der Waals surface area contributed by atoms with Crippen LogP contribution in [0.3, 0.4) is 0 Å². The number of amides is 1. The molecule has 0 saturated carbocycles. The van der Waals surface area contributed by atoms with Crippen molar-refractivity contribution in [3.05, 3.63) is 29.8 Å². The van der Waals surface area contributed by atoms with E-state index in [1.165, 1.54) is 5.56 Å². The molecule has 1 N–H and O–H groups in total. The highest BCUT2D eigenvalue weighted by Crippen LogP contribution is 2.24. The van der Waals surface area contributed by atoms with Crippen molar-refractivity contribution < 1.29 is 19.0 Å². The number of benzene rings is 1. The van der Waals surface area contributed by atoms with E-state index in [1.54, 1.807) is 0 Å². The Labute approximate surface area is 149 Å². The predicted molar refractivity (Wildman–Crippen MR) is 94.7 cm³/mol. The summed E-state index contributed by atoms with van der Waals surface area (Å²) in [5.41, 5.74) is 1.18. The van der Waals surface area contributed by atoms with Gasteiger partial charge >= 0.3 is 0 Å². The van der Waals surface area contributed by atoms with Crippen molar-refractivity contribution in [2.45, 2.75) is 31.9 Å². The summed E-state index contributed by atoms with van der Waals surface area (Å²) in [6.45, 7) is 7.09. The van der Waals surface area contributed by atoms with Crippen LogP contribution in [-0.2, 0) is 14.3 Å². The zero-order chi connectivity index (χ0) is 17.5. The number of rotatable bonds is 7. The number of hydrogen-bond donors (Lipinski definition) is 1. The Kier molecular flexibility index (Phi) is 6.67. The smallest absolute Gasteiger partial charge is 0.249 e. The monoisotopic (exact) mass is 348 g/mol. The van der Waals surface area contributed by atoms with Gasteiger partial charge < -0.3 is 19.5 Å². The molecule has 0 bridgehead atoms. The predicted octanol–water partition coefficient (Wildman–Crippen LogP) is 1.75. The molecule has 138 valence electrons. The lowest BCUT2D eigenvalue weighted by molar-refractivity contribution is -0.130. The van der Waals surface area contributed by atoms with Crippen molar-refractivity contribution in [1.29, 1.82) is 0 Å². The summed E-state index contributed by atoms with van der Waals surface area (Å²) in [6.07, 6.45) is 1.49. The van der Waals surface area contributed by atoms with E-state index in [0.29, 0.717) is 19.8 Å². The zero-order valence-electron chi connectivity index (χ0n) is 14.9. The van der Waals surface area contributed by atoms with Crippen molar-refractivity contribution in [1.82, 2.24) is 10.2 Å². The number of nitrogens with zero attached hydrogens (tertiary/aromatic N) is 1. The minimum absolute atomic E-state index is 0.00157. The van der Waals surface area contributed by atoms with Crippen molar-refractivity contribution in [2.24, 2.45) is 0 Å². The largest absolute Gasteiger partial charge is 0.494 e. The Morgan fingerprint density at radius 2 is 2.04 bits per heavy atom. The van der Waals surface area contributed by atoms with Gasteiger partial charge in [0.1, 0.15) is 11.9 Å². The third-order valence-electron chi connectivity index (χ3n) is 4.75. The lowest BCUT2D eigenvalue weighted by Gasteiger charge is -2.35. The second-order valence-corrected chi connectivity index (χ2v) is 6.41. The van der Waals surface area contributed by atoms with E-state index < -0.39 is 0 Å². The first-order chi connectivity index (χ1) is 12.3. The molecule has 6 nitrogen and oxygen atoms in total. The number of carbonyl (C=O) groups excluding carboxylic acids is 1. The summed E-state index contributed by atoms with van der Waals surface area (Å²) in [7, 11) is 0. The first kappa shape index (κ1) is 18.2. The van der Waals surface area contributed by atoms with E-state index >= 15 is 0 Å². The quantitative estimate of drug-likeness (QED) is 0.814. The van der Waals surface area contributed by atoms with Crippen LogP contribution in [0.2, 0.25) is 0 Å². The molecule has 6 heteroatoms. The van der Waals surface area contributed by atoms with Crippen LogP contribution in [0.5, 0.6) is 5.75 Å². The van der Waals surface area contributed by atoms with Gasteiger partial charge in [0.15, 0.2) is 0 Å². The van der Waals surface area contributed by atoms with E-state index in [9.17, 15) is 4.79 Å². The molecule has 2 fully saturated rings. The average Bonchev–Trinajstić information content (AvgIpc) is 3.19. The van der Waals surface area contributed by atoms with Crippen molar-refractivity contribution >= 4 is 5.91 Å². The highest BCUT2D eigenvalue weighted by molar-refractivity contribution is 5.81. The van der Waals surface area contributed by atoms with Crippen LogP contribution in [0.15, 0.2) is 24.3 Å². The normalized spacial score (nSPS) is 22.5. The summed E-state index contributed by atoms with van der Waals surface area (Å²) in [5.74, 6) is 0.872. The van der Waals surface area contributed by atoms with Gasteiger partial charge in [-0.3, -0.25) is 9.69 Å². The Bertz CT molecular complexity index is 537. The molecule has 2 atom stereocenters. The maximum Gasteiger partial charge on any atom is 0.249 e. The summed E-state index contributed by atoms with van der Waals surface area (Å²) >= 11 is 0. The molecule has 2 heterocycles. The lowest BCUT2D eigenvalue weighted by atomic mass is 10.0. The van der Waals surface area contributed by atoms with E-state index in [4.69, 9.17) is 14.2 Å². The number of carbonyl (C=O) groups is 1. The minimum atomic E-state index is -0.286. The molecule has 1 amide bonds. The van der Waals surface area contributed by atoms with Crippen molar-refractivity contribution in [2.75, 3.05) is 46.1 Å². The van der Waals surface area contributed by atoms with Crippen molar-refractivity contribution in [3.8, 4) is 5.75 Å². The highest BCUT2D eigenvalue weighted by Gasteiger charge is 2.27. The first-order valence-electron chi connectivity index (χ1n) is 9.22. The molecule has 0 aliphatic carbocycles. The second kappa shape index (κ2) is 9.17. The van der Waals surface area contributed by atoms with Crippen LogP contribution in [0.1, 0.15) is 31.4 Å². The molecule has 0 aromatic heterocycles. The van der Waals surface area contributed by atoms with Gasteiger partial charge in [-0.15, -0.1) is 0 Å². The van der Waals surface area contributed by atoms with Gasteiger partial charge in [0.2, 0.25) is 5.91 Å². The standard InChI is InChI=1S/C19H28N2O4/c1-2-24-16-7-5-15(6-8-16)17(21-9-12-23-13-10-21)14-20-19(22)18-4-3-11-25-18/h5-8,17-18H,2-4,9-14H2,1H3,(H,20,22). The molecular weight excluding hydrogens is 320 g/mol. The van der Waals surface area contributed by atoms with Gasteiger partial charge in [0, 0.05) is 26.2 Å². The molecule has 2 aliphatic heterocycles. The summed E-state index contributed by atoms with van der Waals surface area (Å²) in [5, 5.41) is 3.08. The number of morpholine rings is 1. The topological polar surface area (TPSA) is 60.0 Å². The van der Waals surface area contributed by atoms with Crippen LogP contribution in [-0.4, -0.2) is 63.0 Å². The van der Waals surface area contributed by atoms with Crippen LogP contribution in [0.4, 0.5) is 0 Å². The van der Waals surface area contributed by atoms with E-state index in [0.717, 1.165) is 44.9 Å². The number of hydrogen-bond acceptors (Lipinski definition) is 5. The van der Waals surface area contributed by atoms with Gasteiger partial charge in [-0.05, 0) is 37.5 Å². The highest BCUT2D eigenvalue weighted by atomic mass is 16.5. The Hall–Kier alpha value is -1.63. The molecule has 2 saturated heterocycles. The zero-order valence-corrected chi connectivity index (χ0v) is 14.9. The van der Waals surface area contributed by atoms with Gasteiger partial charge in [-0.25, -0.2) is 0 Å². The fourth-order valence-corrected chi connectivity index (χ4v) is 3.40. The summed E-state index contributed by atoms with van der Waals surface area (Å²) in [4.78, 5) is 14.7. The van der Waals surface area contributed by atoms with Gasteiger partial charge in [-0.2, -0.15) is 0 Å². The van der Waals surface area contributed by atoms with Gasteiger partial charge in [0.05, 0.1) is 25.9 Å². The van der Waals surface area contributed by atoms with Crippen LogP contribution in [0.25, 0.3) is 0 Å². The SMILES string of the molecule is CCOc1ccc(C(CNC(=O)C2CCCO2)N2CCOCC2)cc1. The van der Waals surface area contributed by atoms with Gasteiger partial charge in [0.25, 0.3) is 0 Å². The molecule has 0 radical (unpaired) electrons. The van der Waals surface area contributed by atoms with E-state index in [1.807, 2.05) is 19.1 Å². The van der Waals surface area contributed by atoms with E-state index in [-0.39, 0.29) is 18.1 Å². The Morgan fingerprint density at radius 1 is 1.28 bits per heavy atom. The fourth-order valence-electron chi connectivity index (χ4n) is 3.40. The summed E-state index contributed by atoms with van der Waals surface area (Å²) < 4.78 is 16.5. The first-order valence-corrected chi connectivity index (χ1v) is 9.22. The maximum absolute atomic E-state index is 12.3. The molecule has 2 aliphatic rings. The molecule has 3 rings (SSSR count). The Balaban J connectivity index is 1.66. The molecule has 25 heavy (non-hydrogen) atoms. The van der Waals surface area contributed by atoms with Crippen LogP contribution < -0.4 is 10.1 Å². The molecule has 1 aromatic rings. The third kappa shape index (κ3) is 4.93. The second-order valence-electron chi connectivity index (χ2n) is 6.41. The fraction of sp³-hybridized carbons (Fsp3) is 0.632. The summed E-state index contributed by atoms with van der Waals surface area (Å²) in [6, 6.07) is 8.29. The van der Waals surface area contributed by atoms with Gasteiger partial charge in [-0.1, -0.05) is 12.1 Å². The lowest BCUT2D eigenvalue weighted by Crippen LogP contribution is -2.45. The van der Waals surface area contributed by atoms with Crippen molar-refractivity contribution in [3.63, 3.8) is 0 Å². The molecular formula is C19H28N2O4. The molecule has 0 spiro atoms. The third-order valence-corrected chi connectivity index (χ3v) is 4.75. The van der Waals surface area contributed by atoms with Crippen LogP contribution in [0, 0.1) is 0 Å². The van der Waals surface area contributed by atoms with E-state index in [2.05, 4.69) is 22.3 Å². The average molecular weight is 348 g/mol. The maximum atomic E-state index is 12.3. The minimum Gasteiger partial charge on any atom is -0.494 e. The number of ether oxygens (including phenoxy) is 3. The molecule has 2 unspecified atom stereocenters. The molecule has 1 aromatic carbocycles. The van der Waals surface area contributed by atoms with Crippen LogP contribution >= 0.6 is 0 Å². The number of nitrogens with one attached hydrogen (secondary N) is 1. The Morgan fingerprint density at radius 3 is 2.68 bits per heavy atom.